The fraction of sp³-hybridized carbons (Fsp3) is 0.706. The topological polar surface area (TPSA) is 69.0 Å². The monoisotopic (exact) mass is 321 g/mol. The molecule has 2 N–H and O–H groups in total. The third-order valence-corrected chi connectivity index (χ3v) is 4.97. The molecular weight excluding hydrogens is 294 g/mol. The number of likely N-dealkylation sites (tertiary alicyclic amines) is 2. The van der Waals surface area contributed by atoms with Crippen molar-refractivity contribution in [2.24, 2.45) is 0 Å². The number of nitrogens with one attached hydrogen (secondary N) is 1. The maximum Gasteiger partial charge on any atom is 0.317 e. The number of urea groups is 1. The highest BCUT2D eigenvalue weighted by atomic mass is 16.3. The first kappa shape index (κ1) is 16.3. The Labute approximate surface area is 137 Å². The summed E-state index contributed by atoms with van der Waals surface area (Å²) in [6, 6.07) is 3.96. The molecule has 2 aliphatic heterocycles. The number of hydrogen-bond donors (Lipinski definition) is 2. The van der Waals surface area contributed by atoms with Gasteiger partial charge in [-0.2, -0.15) is 0 Å². The molecule has 6 nitrogen and oxygen atoms in total. The molecule has 2 aliphatic rings. The average Bonchev–Trinajstić information content (AvgIpc) is 3.28. The van der Waals surface area contributed by atoms with E-state index < -0.39 is 0 Å². The summed E-state index contributed by atoms with van der Waals surface area (Å²) in [4.78, 5) is 16.6. The lowest BCUT2D eigenvalue weighted by molar-refractivity contribution is 0.151. The molecule has 2 fully saturated rings. The second kappa shape index (κ2) is 7.36. The summed E-state index contributed by atoms with van der Waals surface area (Å²) in [7, 11) is 0. The van der Waals surface area contributed by atoms with Gasteiger partial charge in [-0.25, -0.2) is 4.79 Å². The fourth-order valence-corrected chi connectivity index (χ4v) is 3.67. The zero-order valence-electron chi connectivity index (χ0n) is 13.8. The van der Waals surface area contributed by atoms with Crippen molar-refractivity contribution in [1.82, 2.24) is 15.1 Å². The molecule has 0 saturated carbocycles. The van der Waals surface area contributed by atoms with E-state index in [1.807, 2.05) is 19.1 Å². The minimum absolute atomic E-state index is 0.0360. The highest BCUT2D eigenvalue weighted by Crippen LogP contribution is 2.26. The Morgan fingerprint density at radius 3 is 2.78 bits per heavy atom. The normalized spacial score (nSPS) is 23.4. The van der Waals surface area contributed by atoms with Crippen LogP contribution in [0.4, 0.5) is 4.79 Å². The van der Waals surface area contributed by atoms with E-state index in [-0.39, 0.29) is 24.7 Å². The van der Waals surface area contributed by atoms with Gasteiger partial charge in [0, 0.05) is 13.1 Å². The van der Waals surface area contributed by atoms with Gasteiger partial charge >= 0.3 is 6.03 Å². The first-order valence-electron chi connectivity index (χ1n) is 8.64. The number of aliphatic hydroxyl groups excluding tert-OH is 1. The van der Waals surface area contributed by atoms with E-state index in [1.165, 1.54) is 12.8 Å². The van der Waals surface area contributed by atoms with Gasteiger partial charge in [-0.1, -0.05) is 0 Å². The van der Waals surface area contributed by atoms with Crippen LogP contribution in [-0.2, 0) is 0 Å². The van der Waals surface area contributed by atoms with Crippen LogP contribution in [0.2, 0.25) is 0 Å². The molecule has 3 heterocycles. The molecule has 2 amide bonds. The minimum Gasteiger partial charge on any atom is -0.465 e. The predicted octanol–water partition coefficient (Wildman–Crippen LogP) is 1.89. The number of furan rings is 1. The predicted molar refractivity (Wildman–Crippen MR) is 87.2 cm³/mol. The van der Waals surface area contributed by atoms with Crippen molar-refractivity contribution in [3.05, 3.63) is 23.7 Å². The minimum atomic E-state index is -0.0750. The molecule has 1 unspecified atom stereocenters. The third kappa shape index (κ3) is 3.70. The number of rotatable bonds is 5. The van der Waals surface area contributed by atoms with Crippen molar-refractivity contribution in [3.8, 4) is 0 Å². The average molecular weight is 321 g/mol. The second-order valence-electron chi connectivity index (χ2n) is 6.57. The molecule has 1 aromatic rings. The van der Waals surface area contributed by atoms with E-state index in [0.717, 1.165) is 44.0 Å². The molecule has 1 aromatic heterocycles. The zero-order valence-corrected chi connectivity index (χ0v) is 13.8. The summed E-state index contributed by atoms with van der Waals surface area (Å²) in [5.74, 6) is 1.82. The molecule has 0 aromatic carbocycles. The molecule has 2 atom stereocenters. The van der Waals surface area contributed by atoms with Crippen molar-refractivity contribution in [2.75, 3.05) is 32.8 Å². The van der Waals surface area contributed by atoms with E-state index in [2.05, 4.69) is 10.2 Å². The number of aryl methyl sites for hydroxylation is 1. The number of nitrogens with zero attached hydrogens (tertiary/aromatic N) is 2. The lowest BCUT2D eigenvalue weighted by atomic mass is 10.2. The molecule has 2 saturated heterocycles. The Balaban J connectivity index is 1.63. The maximum absolute atomic E-state index is 12.4. The van der Waals surface area contributed by atoms with E-state index in [0.29, 0.717) is 6.54 Å². The Kier molecular flexibility index (Phi) is 5.23. The van der Waals surface area contributed by atoms with Crippen LogP contribution in [-0.4, -0.2) is 59.8 Å². The lowest BCUT2D eigenvalue weighted by Crippen LogP contribution is -2.46. The Bertz CT molecular complexity index is 525. The summed E-state index contributed by atoms with van der Waals surface area (Å²) >= 11 is 0. The highest BCUT2D eigenvalue weighted by Gasteiger charge is 2.30. The summed E-state index contributed by atoms with van der Waals surface area (Å²) in [5, 5.41) is 12.4. The van der Waals surface area contributed by atoms with Crippen LogP contribution in [0.3, 0.4) is 0 Å². The molecule has 0 bridgehead atoms. The number of carbonyl (C=O) groups excluding carboxylic acids is 1. The third-order valence-electron chi connectivity index (χ3n) is 4.97. The summed E-state index contributed by atoms with van der Waals surface area (Å²) in [6.07, 6.45) is 4.24. The Hall–Kier alpha value is -1.53. The first-order chi connectivity index (χ1) is 11.2. The molecule has 0 spiro atoms. The summed E-state index contributed by atoms with van der Waals surface area (Å²) in [5.41, 5.74) is 0. The van der Waals surface area contributed by atoms with Gasteiger partial charge in [-0.3, -0.25) is 4.90 Å². The summed E-state index contributed by atoms with van der Waals surface area (Å²) in [6.45, 7) is 5.35. The van der Waals surface area contributed by atoms with Crippen LogP contribution >= 0.6 is 0 Å². The molecular formula is C17H27N3O3. The molecule has 23 heavy (non-hydrogen) atoms. The smallest absolute Gasteiger partial charge is 0.317 e. The highest BCUT2D eigenvalue weighted by molar-refractivity contribution is 5.74. The Morgan fingerprint density at radius 2 is 2.13 bits per heavy atom. The molecule has 3 rings (SSSR count). The number of aliphatic hydroxyl groups is 1. The maximum atomic E-state index is 12.4. The van der Waals surface area contributed by atoms with Gasteiger partial charge in [0.25, 0.3) is 0 Å². The number of amides is 2. The lowest BCUT2D eigenvalue weighted by Gasteiger charge is -2.28. The van der Waals surface area contributed by atoms with Crippen molar-refractivity contribution >= 4 is 6.03 Å². The van der Waals surface area contributed by atoms with E-state index >= 15 is 0 Å². The van der Waals surface area contributed by atoms with Gasteiger partial charge in [0.1, 0.15) is 11.5 Å². The van der Waals surface area contributed by atoms with Crippen LogP contribution in [0.5, 0.6) is 0 Å². The summed E-state index contributed by atoms with van der Waals surface area (Å²) < 4.78 is 5.81. The quantitative estimate of drug-likeness (QED) is 0.869. The van der Waals surface area contributed by atoms with E-state index in [4.69, 9.17) is 4.42 Å². The second-order valence-corrected chi connectivity index (χ2v) is 6.57. The number of carbonyl (C=O) groups is 1. The van der Waals surface area contributed by atoms with Gasteiger partial charge in [0.2, 0.25) is 0 Å². The SMILES string of the molecule is Cc1ccc(C(CNC(=O)N2CCC[C@H]2CO)N2CCCC2)o1. The van der Waals surface area contributed by atoms with Gasteiger partial charge in [-0.15, -0.1) is 0 Å². The Morgan fingerprint density at radius 1 is 1.35 bits per heavy atom. The van der Waals surface area contributed by atoms with Crippen molar-refractivity contribution in [1.29, 1.82) is 0 Å². The zero-order chi connectivity index (χ0) is 16.2. The van der Waals surface area contributed by atoms with Crippen molar-refractivity contribution in [2.45, 2.75) is 44.7 Å². The first-order valence-corrected chi connectivity index (χ1v) is 8.64. The van der Waals surface area contributed by atoms with Crippen LogP contribution in [0.15, 0.2) is 16.5 Å². The van der Waals surface area contributed by atoms with Gasteiger partial charge in [0.15, 0.2) is 0 Å². The standard InChI is InChI=1S/C17H27N3O3/c1-13-6-7-16(23-13)15(19-8-2-3-9-19)11-18-17(22)20-10-4-5-14(20)12-21/h6-7,14-15,21H,2-5,8-12H2,1H3,(H,18,22)/t14-,15?/m0/s1. The molecule has 128 valence electrons. The van der Waals surface area contributed by atoms with E-state index in [9.17, 15) is 9.90 Å². The van der Waals surface area contributed by atoms with Crippen LogP contribution in [0, 0.1) is 6.92 Å². The van der Waals surface area contributed by atoms with Crippen molar-refractivity contribution in [3.63, 3.8) is 0 Å². The molecule has 6 heteroatoms. The van der Waals surface area contributed by atoms with Gasteiger partial charge in [0.05, 0.1) is 18.7 Å². The van der Waals surface area contributed by atoms with Crippen LogP contribution in [0.1, 0.15) is 43.2 Å². The largest absolute Gasteiger partial charge is 0.465 e. The molecule has 0 radical (unpaired) electrons. The van der Waals surface area contributed by atoms with Crippen LogP contribution in [0.25, 0.3) is 0 Å². The molecule has 0 aliphatic carbocycles. The van der Waals surface area contributed by atoms with Gasteiger partial charge < -0.3 is 19.7 Å². The number of hydrogen-bond acceptors (Lipinski definition) is 4. The fourth-order valence-electron chi connectivity index (χ4n) is 3.67. The van der Waals surface area contributed by atoms with Crippen molar-refractivity contribution < 1.29 is 14.3 Å². The van der Waals surface area contributed by atoms with Gasteiger partial charge in [-0.05, 0) is 57.8 Å². The van der Waals surface area contributed by atoms with Crippen LogP contribution < -0.4 is 5.32 Å². The van der Waals surface area contributed by atoms with E-state index in [1.54, 1.807) is 4.90 Å².